The van der Waals surface area contributed by atoms with Crippen molar-refractivity contribution in [2.75, 3.05) is 0 Å². The fraction of sp³-hybridized carbons (Fsp3) is 0. The molecule has 0 saturated heterocycles. The van der Waals surface area contributed by atoms with E-state index in [4.69, 9.17) is 15.1 Å². The Morgan fingerprint density at radius 1 is 1.17 bits per heavy atom. The third kappa shape index (κ3) is 242. The van der Waals surface area contributed by atoms with Gasteiger partial charge < -0.3 is 15.1 Å². The molecule has 0 fully saturated rings. The molecular formula is H3BFLiO3. The van der Waals surface area contributed by atoms with Crippen molar-refractivity contribution in [1.29, 1.82) is 0 Å². The molecule has 0 radical (unpaired) electrons. The Labute approximate surface area is 44.7 Å². The van der Waals surface area contributed by atoms with Crippen molar-refractivity contribution < 1.29 is 18.4 Å². The Bertz CT molecular complexity index is 15.5. The van der Waals surface area contributed by atoms with Crippen LogP contribution in [0.2, 0.25) is 0 Å². The minimum absolute atomic E-state index is 0.500. The molecule has 0 spiro atoms. The van der Waals surface area contributed by atoms with Crippen LogP contribution in [0, 0.1) is 0 Å². The van der Waals surface area contributed by atoms with Gasteiger partial charge in [0.15, 0.2) is 0 Å². The van der Waals surface area contributed by atoms with Gasteiger partial charge in [0.25, 0.3) is 0 Å². The molecule has 3 nitrogen and oxygen atoms in total. The maximum absolute atomic E-state index is 9.50. The standard InChI is InChI=1S/BH3O3.FH.Li/c2-1(3)4;;/h2-4H;1H;/q;;+1/p-1. The molecule has 0 aliphatic rings. The van der Waals surface area contributed by atoms with Crippen molar-refractivity contribution in [1.82, 2.24) is 0 Å². The van der Waals surface area contributed by atoms with Crippen LogP contribution in [0.4, 0.5) is 3.38 Å². The van der Waals surface area contributed by atoms with Gasteiger partial charge in [0, 0.05) is 0 Å². The Balaban J connectivity index is 0. The van der Waals surface area contributed by atoms with Crippen LogP contribution < -0.4 is 0 Å². The Kier molecular flexibility index (Phi) is 14.7. The Morgan fingerprint density at radius 2 is 1.17 bits per heavy atom. The van der Waals surface area contributed by atoms with Gasteiger partial charge in [-0.2, -0.15) is 0 Å². The summed E-state index contributed by atoms with van der Waals surface area (Å²) in [4.78, 5) is 0. The van der Waals surface area contributed by atoms with Crippen LogP contribution >= 0.6 is 0 Å². The van der Waals surface area contributed by atoms with Crippen molar-refractivity contribution in [3.05, 3.63) is 0 Å². The van der Waals surface area contributed by atoms with Gasteiger partial charge in [-0.05, 0) is 0 Å². The van der Waals surface area contributed by atoms with Gasteiger partial charge in [-0.1, -0.05) is 0 Å². The molecule has 0 aromatic carbocycles. The Hall–Kier alpha value is 0.472. The van der Waals surface area contributed by atoms with Gasteiger partial charge in [0.1, 0.15) is 0 Å². The molecular weight excluding hydrogens is 84.7 g/mol. The molecule has 32 valence electrons. The summed E-state index contributed by atoms with van der Waals surface area (Å²) in [6.45, 7) is 0. The van der Waals surface area contributed by atoms with Gasteiger partial charge in [-0.15, -0.1) is 0 Å². The van der Waals surface area contributed by atoms with Crippen LogP contribution in [-0.2, 0) is 0 Å². The molecule has 0 aliphatic carbocycles. The number of hydrogen-bond acceptors (Lipinski definition) is 3. The molecule has 6 heavy (non-hydrogen) atoms. The number of rotatable bonds is 0. The summed E-state index contributed by atoms with van der Waals surface area (Å²) < 4.78 is 9.50. The van der Waals surface area contributed by atoms with E-state index in [0.29, 0.717) is 18.2 Å². The molecule has 6 heteroatoms. The first-order chi connectivity index (χ1) is 2.73. The Morgan fingerprint density at radius 3 is 1.17 bits per heavy atom. The van der Waals surface area contributed by atoms with E-state index in [1.54, 1.807) is 0 Å². The van der Waals surface area contributed by atoms with Crippen LogP contribution in [0.1, 0.15) is 0 Å². The molecule has 0 amide bonds. The fourth-order valence-electron chi connectivity index (χ4n) is 0. The second-order valence-electron chi connectivity index (χ2n) is 0.346. The van der Waals surface area contributed by atoms with Gasteiger partial charge in [-0.3, -0.25) is 0 Å². The first-order valence-corrected chi connectivity index (χ1v) is 1.15. The molecule has 0 bridgehead atoms. The van der Waals surface area contributed by atoms with E-state index in [1.807, 2.05) is 0 Å². The topological polar surface area (TPSA) is 60.7 Å². The van der Waals surface area contributed by atoms with E-state index in [0.717, 1.165) is 0 Å². The molecule has 0 aromatic rings. The average Bonchev–Trinajstić information content (AvgIpc) is 1.41. The van der Waals surface area contributed by atoms with Crippen molar-refractivity contribution >= 4 is 25.5 Å². The predicted octanol–water partition coefficient (Wildman–Crippen LogP) is -2.01. The van der Waals surface area contributed by atoms with E-state index in [-0.39, 0.29) is 0 Å². The van der Waals surface area contributed by atoms with Gasteiger partial charge >= 0.3 is 28.9 Å². The van der Waals surface area contributed by atoms with Crippen LogP contribution in [0.5, 0.6) is 0 Å². The van der Waals surface area contributed by atoms with Crippen LogP contribution in [0.15, 0.2) is 0 Å². The normalized spacial score (nSPS) is 5.67. The summed E-state index contributed by atoms with van der Waals surface area (Å²) in [6.07, 6.45) is 0. The zero-order chi connectivity index (χ0) is 5.58. The first kappa shape index (κ1) is 9.69. The maximum atomic E-state index is 9.50. The van der Waals surface area contributed by atoms with E-state index in [9.17, 15) is 3.38 Å². The summed E-state index contributed by atoms with van der Waals surface area (Å²) >= 11 is 0.500. The van der Waals surface area contributed by atoms with Crippen molar-refractivity contribution in [3.8, 4) is 0 Å². The van der Waals surface area contributed by atoms with Gasteiger partial charge in [0.05, 0.1) is 0 Å². The molecule has 0 aliphatic heterocycles. The minimum atomic E-state index is -2.17. The predicted molar refractivity (Wildman–Crippen MR) is 19.3 cm³/mol. The summed E-state index contributed by atoms with van der Waals surface area (Å²) in [5.74, 6) is 0. The van der Waals surface area contributed by atoms with E-state index in [1.165, 1.54) is 0 Å². The van der Waals surface area contributed by atoms with Crippen molar-refractivity contribution in [3.63, 3.8) is 0 Å². The molecule has 0 heterocycles. The number of hydrogen-bond donors (Lipinski definition) is 3. The third-order valence-electron chi connectivity index (χ3n) is 0. The summed E-state index contributed by atoms with van der Waals surface area (Å²) in [5.41, 5.74) is 0. The summed E-state index contributed by atoms with van der Waals surface area (Å²) in [6, 6.07) is 0. The second-order valence-corrected chi connectivity index (χ2v) is 0.346. The SMILES string of the molecule is OB(O)O.[Li][F]. The zero-order valence-electron chi connectivity index (χ0n) is 3.30. The molecule has 0 unspecified atom stereocenters. The quantitative estimate of drug-likeness (QED) is 0.299. The van der Waals surface area contributed by atoms with Crippen molar-refractivity contribution in [2.45, 2.75) is 0 Å². The van der Waals surface area contributed by atoms with Crippen LogP contribution in [0.3, 0.4) is 0 Å². The summed E-state index contributed by atoms with van der Waals surface area (Å²) in [7, 11) is -2.17. The molecule has 0 atom stereocenters. The molecule has 0 rings (SSSR count). The molecule has 3 N–H and O–H groups in total. The molecule has 0 aromatic heterocycles. The second kappa shape index (κ2) is 9.08. The zero-order valence-corrected chi connectivity index (χ0v) is 3.30. The third-order valence-corrected chi connectivity index (χ3v) is 0. The first-order valence-electron chi connectivity index (χ1n) is 1.15. The van der Waals surface area contributed by atoms with E-state index >= 15 is 0 Å². The van der Waals surface area contributed by atoms with Gasteiger partial charge in [0.2, 0.25) is 0 Å². The van der Waals surface area contributed by atoms with E-state index < -0.39 is 7.32 Å². The molecule has 0 saturated carbocycles. The van der Waals surface area contributed by atoms with E-state index in [2.05, 4.69) is 0 Å². The number of halogens is 1. The average molecular weight is 87.8 g/mol. The van der Waals surface area contributed by atoms with Crippen LogP contribution in [0.25, 0.3) is 0 Å². The monoisotopic (exact) mass is 88.0 g/mol. The summed E-state index contributed by atoms with van der Waals surface area (Å²) in [5, 5.41) is 21.5. The van der Waals surface area contributed by atoms with Gasteiger partial charge in [-0.25, -0.2) is 0 Å². The van der Waals surface area contributed by atoms with Crippen molar-refractivity contribution in [2.24, 2.45) is 0 Å². The van der Waals surface area contributed by atoms with Crippen LogP contribution in [-0.4, -0.2) is 40.6 Å². The fourth-order valence-corrected chi connectivity index (χ4v) is 0.